The summed E-state index contributed by atoms with van der Waals surface area (Å²) in [6.45, 7) is 0.777. The third-order valence-corrected chi connectivity index (χ3v) is 5.49. The molecule has 166 valence electrons. The standard InChI is InChI=1S/C17H31N5O5S2/c18-6-2-1-4-11(17(26)27)20-15(24)13-5-3-7-22(13)16(25)12(9-29)21-14(23)10(19)8-28/h10-13,28-29H,1-9,18-19H2,(H,20,24)(H,21,23)(H,26,27). The fraction of sp³-hybridized carbons (Fsp3) is 0.765. The van der Waals surface area contributed by atoms with Crippen LogP contribution >= 0.6 is 25.3 Å². The van der Waals surface area contributed by atoms with Gasteiger partial charge in [-0.1, -0.05) is 0 Å². The van der Waals surface area contributed by atoms with Crippen molar-refractivity contribution in [2.75, 3.05) is 24.6 Å². The SMILES string of the molecule is NCCCCC(NC(=O)C1CCCN1C(=O)C(CS)NC(=O)C(N)CS)C(=O)O. The molecule has 1 fully saturated rings. The largest absolute Gasteiger partial charge is 0.480 e. The van der Waals surface area contributed by atoms with Gasteiger partial charge in [0.25, 0.3) is 0 Å². The number of carboxylic acid groups (broad SMARTS) is 1. The highest BCUT2D eigenvalue weighted by Crippen LogP contribution is 2.19. The van der Waals surface area contributed by atoms with Gasteiger partial charge in [-0.05, 0) is 38.6 Å². The number of carbonyl (C=O) groups excluding carboxylic acids is 3. The van der Waals surface area contributed by atoms with Crippen molar-refractivity contribution in [2.24, 2.45) is 11.5 Å². The quantitative estimate of drug-likeness (QED) is 0.138. The summed E-state index contributed by atoms with van der Waals surface area (Å²) in [7, 11) is 0. The first-order valence-electron chi connectivity index (χ1n) is 9.58. The van der Waals surface area contributed by atoms with Crippen molar-refractivity contribution in [1.82, 2.24) is 15.5 Å². The normalized spacial score (nSPS) is 19.3. The van der Waals surface area contributed by atoms with Crippen molar-refractivity contribution >= 4 is 48.9 Å². The zero-order valence-electron chi connectivity index (χ0n) is 16.2. The van der Waals surface area contributed by atoms with Gasteiger partial charge in [0.1, 0.15) is 18.1 Å². The number of amides is 3. The van der Waals surface area contributed by atoms with E-state index in [-0.39, 0.29) is 17.9 Å². The first-order chi connectivity index (χ1) is 13.8. The Hall–Kier alpha value is -1.50. The second-order valence-electron chi connectivity index (χ2n) is 6.91. The van der Waals surface area contributed by atoms with Crippen LogP contribution in [0.15, 0.2) is 0 Å². The number of aliphatic carboxylic acids is 1. The van der Waals surface area contributed by atoms with E-state index >= 15 is 0 Å². The molecule has 12 heteroatoms. The van der Waals surface area contributed by atoms with Gasteiger partial charge in [-0.15, -0.1) is 0 Å². The number of likely N-dealkylation sites (tertiary alicyclic amines) is 1. The molecule has 7 N–H and O–H groups in total. The van der Waals surface area contributed by atoms with Crippen LogP contribution in [0.4, 0.5) is 0 Å². The maximum Gasteiger partial charge on any atom is 0.326 e. The monoisotopic (exact) mass is 449 g/mol. The van der Waals surface area contributed by atoms with Gasteiger partial charge in [0.15, 0.2) is 0 Å². The summed E-state index contributed by atoms with van der Waals surface area (Å²) < 4.78 is 0. The number of carbonyl (C=O) groups is 4. The minimum absolute atomic E-state index is 0.0333. The lowest BCUT2D eigenvalue weighted by atomic mass is 10.1. The van der Waals surface area contributed by atoms with Crippen LogP contribution in [0.1, 0.15) is 32.1 Å². The summed E-state index contributed by atoms with van der Waals surface area (Å²) in [5.74, 6) is -2.48. The first-order valence-corrected chi connectivity index (χ1v) is 10.8. The molecule has 0 radical (unpaired) electrons. The van der Waals surface area contributed by atoms with Crippen LogP contribution in [0.5, 0.6) is 0 Å². The number of nitrogens with one attached hydrogen (secondary N) is 2. The molecule has 0 aromatic carbocycles. The zero-order chi connectivity index (χ0) is 22.0. The van der Waals surface area contributed by atoms with Crippen LogP contribution in [0.25, 0.3) is 0 Å². The van der Waals surface area contributed by atoms with Crippen molar-refractivity contribution in [3.8, 4) is 0 Å². The van der Waals surface area contributed by atoms with Gasteiger partial charge in [0.2, 0.25) is 17.7 Å². The molecule has 1 rings (SSSR count). The Labute approximate surface area is 181 Å². The molecule has 1 saturated heterocycles. The summed E-state index contributed by atoms with van der Waals surface area (Å²) in [6, 6.07) is -3.64. The van der Waals surface area contributed by atoms with Crippen molar-refractivity contribution in [2.45, 2.75) is 56.3 Å². The van der Waals surface area contributed by atoms with Gasteiger partial charge in [-0.3, -0.25) is 14.4 Å². The predicted octanol–water partition coefficient (Wildman–Crippen LogP) is -1.65. The van der Waals surface area contributed by atoms with Gasteiger partial charge in [0.05, 0.1) is 6.04 Å². The van der Waals surface area contributed by atoms with E-state index in [1.54, 1.807) is 0 Å². The molecule has 0 aliphatic carbocycles. The van der Waals surface area contributed by atoms with E-state index in [0.29, 0.717) is 38.8 Å². The first kappa shape index (κ1) is 25.5. The number of carboxylic acids is 1. The number of rotatable bonds is 12. The third kappa shape index (κ3) is 7.68. The zero-order valence-corrected chi connectivity index (χ0v) is 18.0. The smallest absolute Gasteiger partial charge is 0.326 e. The molecule has 3 amide bonds. The number of unbranched alkanes of at least 4 members (excludes halogenated alkanes) is 1. The van der Waals surface area contributed by atoms with Crippen molar-refractivity contribution < 1.29 is 24.3 Å². The molecule has 4 atom stereocenters. The number of nitrogens with two attached hydrogens (primary N) is 2. The van der Waals surface area contributed by atoms with E-state index in [9.17, 15) is 24.3 Å². The Morgan fingerprint density at radius 3 is 2.34 bits per heavy atom. The lowest BCUT2D eigenvalue weighted by molar-refractivity contribution is -0.144. The van der Waals surface area contributed by atoms with Crippen molar-refractivity contribution in [1.29, 1.82) is 0 Å². The van der Waals surface area contributed by atoms with Gasteiger partial charge < -0.3 is 32.1 Å². The summed E-state index contributed by atoms with van der Waals surface area (Å²) >= 11 is 8.08. The summed E-state index contributed by atoms with van der Waals surface area (Å²) in [5.41, 5.74) is 11.0. The average Bonchev–Trinajstić information content (AvgIpc) is 3.19. The molecule has 0 aromatic heterocycles. The minimum Gasteiger partial charge on any atom is -0.480 e. The van der Waals surface area contributed by atoms with E-state index in [1.807, 2.05) is 0 Å². The van der Waals surface area contributed by atoms with Crippen molar-refractivity contribution in [3.05, 3.63) is 0 Å². The summed E-state index contributed by atoms with van der Waals surface area (Å²) in [6.07, 6.45) is 2.50. The molecule has 0 saturated carbocycles. The molecule has 29 heavy (non-hydrogen) atoms. The van der Waals surface area contributed by atoms with E-state index in [2.05, 4.69) is 35.9 Å². The Morgan fingerprint density at radius 2 is 1.79 bits per heavy atom. The lowest BCUT2D eigenvalue weighted by Crippen LogP contribution is -2.57. The summed E-state index contributed by atoms with van der Waals surface area (Å²) in [5, 5.41) is 14.4. The van der Waals surface area contributed by atoms with E-state index in [1.165, 1.54) is 4.90 Å². The molecule has 4 unspecified atom stereocenters. The van der Waals surface area contributed by atoms with Crippen LogP contribution in [0.3, 0.4) is 0 Å². The van der Waals surface area contributed by atoms with Crippen LogP contribution < -0.4 is 22.1 Å². The molecule has 0 bridgehead atoms. The van der Waals surface area contributed by atoms with E-state index < -0.39 is 47.9 Å². The Bertz CT molecular complexity index is 595. The van der Waals surface area contributed by atoms with Crippen LogP contribution in [-0.4, -0.2) is 82.5 Å². The van der Waals surface area contributed by atoms with Gasteiger partial charge in [0, 0.05) is 18.1 Å². The van der Waals surface area contributed by atoms with Gasteiger partial charge in [-0.25, -0.2) is 4.79 Å². The maximum absolute atomic E-state index is 12.9. The highest BCUT2D eigenvalue weighted by atomic mass is 32.1. The molecule has 10 nitrogen and oxygen atoms in total. The molecular weight excluding hydrogens is 418 g/mol. The number of nitrogens with zero attached hydrogens (tertiary/aromatic N) is 1. The van der Waals surface area contributed by atoms with Crippen molar-refractivity contribution in [3.63, 3.8) is 0 Å². The second kappa shape index (κ2) is 12.9. The fourth-order valence-corrected chi connectivity index (χ4v) is 3.48. The second-order valence-corrected chi connectivity index (χ2v) is 7.64. The Balaban J connectivity index is 2.78. The maximum atomic E-state index is 12.9. The highest BCUT2D eigenvalue weighted by Gasteiger charge is 2.38. The Morgan fingerprint density at radius 1 is 1.10 bits per heavy atom. The molecule has 0 spiro atoms. The summed E-state index contributed by atoms with van der Waals surface area (Å²) in [4.78, 5) is 50.3. The Kier molecular flexibility index (Phi) is 11.4. The molecule has 1 aliphatic rings. The number of hydrogen-bond donors (Lipinski definition) is 7. The molecular formula is C17H31N5O5S2. The third-order valence-electron chi connectivity index (χ3n) is 4.73. The molecule has 0 aromatic rings. The van der Waals surface area contributed by atoms with Gasteiger partial charge in [-0.2, -0.15) is 25.3 Å². The van der Waals surface area contributed by atoms with Crippen LogP contribution in [0, 0.1) is 0 Å². The van der Waals surface area contributed by atoms with E-state index in [0.717, 1.165) is 0 Å². The molecule has 1 heterocycles. The predicted molar refractivity (Wildman–Crippen MR) is 115 cm³/mol. The van der Waals surface area contributed by atoms with E-state index in [4.69, 9.17) is 11.5 Å². The number of thiol groups is 2. The fourth-order valence-electron chi connectivity index (χ4n) is 3.07. The average molecular weight is 450 g/mol. The topological polar surface area (TPSA) is 168 Å². The van der Waals surface area contributed by atoms with Crippen LogP contribution in [-0.2, 0) is 19.2 Å². The van der Waals surface area contributed by atoms with Gasteiger partial charge >= 0.3 is 5.97 Å². The highest BCUT2D eigenvalue weighted by molar-refractivity contribution is 7.80. The number of hydrogen-bond acceptors (Lipinski definition) is 8. The molecule has 1 aliphatic heterocycles. The lowest BCUT2D eigenvalue weighted by Gasteiger charge is -2.29. The van der Waals surface area contributed by atoms with Crippen LogP contribution in [0.2, 0.25) is 0 Å². The minimum atomic E-state index is -1.13.